The quantitative estimate of drug-likeness (QED) is 0.937. The van der Waals surface area contributed by atoms with Crippen molar-refractivity contribution in [3.05, 3.63) is 68.6 Å². The fraction of sp³-hybridized carbons (Fsp3) is 0.0714. The first-order valence-corrected chi connectivity index (χ1v) is 6.01. The van der Waals surface area contributed by atoms with Crippen LogP contribution in [0.25, 0.3) is 0 Å². The maximum atomic E-state index is 11.4. The first-order chi connectivity index (χ1) is 9.51. The van der Waals surface area contributed by atoms with Crippen molar-refractivity contribution in [2.75, 3.05) is 0 Å². The van der Waals surface area contributed by atoms with E-state index in [1.54, 1.807) is 16.7 Å². The van der Waals surface area contributed by atoms with Gasteiger partial charge in [-0.05, 0) is 17.7 Å². The molecule has 0 unspecified atom stereocenters. The number of nitrogens with zero attached hydrogens (tertiary/aromatic N) is 2. The van der Waals surface area contributed by atoms with E-state index in [1.807, 2.05) is 6.07 Å². The summed E-state index contributed by atoms with van der Waals surface area (Å²) in [7, 11) is 0. The Balaban J connectivity index is 2.36. The molecular formula is C14H9ClN2O3. The summed E-state index contributed by atoms with van der Waals surface area (Å²) >= 11 is 6.05. The predicted molar refractivity (Wildman–Crippen MR) is 72.9 cm³/mol. The van der Waals surface area contributed by atoms with Gasteiger partial charge in [-0.1, -0.05) is 17.7 Å². The second-order valence-electron chi connectivity index (χ2n) is 4.12. The molecule has 1 N–H and O–H groups in total. The lowest BCUT2D eigenvalue weighted by molar-refractivity contribution is 0.0694. The van der Waals surface area contributed by atoms with E-state index in [1.165, 1.54) is 24.5 Å². The van der Waals surface area contributed by atoms with Crippen LogP contribution >= 0.6 is 11.6 Å². The minimum atomic E-state index is -1.27. The van der Waals surface area contributed by atoms with Crippen LogP contribution in [-0.2, 0) is 6.54 Å². The molecule has 0 saturated carbocycles. The zero-order chi connectivity index (χ0) is 14.7. The summed E-state index contributed by atoms with van der Waals surface area (Å²) in [4.78, 5) is 22.3. The molecule has 1 heterocycles. The molecule has 1 aromatic heterocycles. The third-order valence-corrected chi connectivity index (χ3v) is 3.10. The van der Waals surface area contributed by atoms with E-state index in [2.05, 4.69) is 0 Å². The van der Waals surface area contributed by atoms with Crippen molar-refractivity contribution in [3.63, 3.8) is 0 Å². The highest BCUT2D eigenvalue weighted by molar-refractivity contribution is 6.31. The van der Waals surface area contributed by atoms with E-state index < -0.39 is 11.4 Å². The maximum Gasteiger partial charge on any atom is 0.341 e. The van der Waals surface area contributed by atoms with Crippen LogP contribution in [0, 0.1) is 11.3 Å². The maximum absolute atomic E-state index is 11.4. The number of carboxylic acids is 1. The molecule has 6 heteroatoms. The van der Waals surface area contributed by atoms with Gasteiger partial charge in [0.2, 0.25) is 0 Å². The number of pyridine rings is 1. The Morgan fingerprint density at radius 3 is 2.75 bits per heavy atom. The molecule has 5 nitrogen and oxygen atoms in total. The van der Waals surface area contributed by atoms with E-state index in [4.69, 9.17) is 22.0 Å². The van der Waals surface area contributed by atoms with Gasteiger partial charge in [0.1, 0.15) is 5.56 Å². The van der Waals surface area contributed by atoms with Crippen molar-refractivity contribution in [1.29, 1.82) is 5.26 Å². The Bertz CT molecular complexity index is 775. The van der Waals surface area contributed by atoms with Crippen LogP contribution in [0.1, 0.15) is 21.5 Å². The third-order valence-electron chi connectivity index (χ3n) is 2.74. The lowest BCUT2D eigenvalue weighted by Crippen LogP contribution is -2.16. The molecule has 0 aliphatic rings. The first-order valence-electron chi connectivity index (χ1n) is 5.63. The summed E-state index contributed by atoms with van der Waals surface area (Å²) < 4.78 is 1.55. The zero-order valence-electron chi connectivity index (χ0n) is 10.2. The number of hydrogen-bond donors (Lipinski definition) is 1. The number of rotatable bonds is 3. The molecule has 0 aliphatic heterocycles. The number of halogens is 1. The third kappa shape index (κ3) is 2.87. The van der Waals surface area contributed by atoms with Gasteiger partial charge < -0.3 is 9.67 Å². The molecule has 0 amide bonds. The predicted octanol–water partition coefficient (Wildman–Crippen LogP) is 2.12. The number of carbonyl (C=O) groups is 1. The number of aromatic nitrogens is 1. The smallest absolute Gasteiger partial charge is 0.341 e. The Morgan fingerprint density at radius 2 is 2.15 bits per heavy atom. The lowest BCUT2D eigenvalue weighted by atomic mass is 10.1. The van der Waals surface area contributed by atoms with Crippen molar-refractivity contribution in [3.8, 4) is 6.07 Å². The lowest BCUT2D eigenvalue weighted by Gasteiger charge is -2.09. The molecule has 0 radical (unpaired) electrons. The molecule has 100 valence electrons. The summed E-state index contributed by atoms with van der Waals surface area (Å²) in [6.07, 6.45) is 2.75. The SMILES string of the molecule is N#Cc1ccc(Cn2ccc(=O)c(C(=O)O)c2)c(Cl)c1. The van der Waals surface area contributed by atoms with Crippen molar-refractivity contribution >= 4 is 17.6 Å². The first kappa shape index (κ1) is 13.8. The highest BCUT2D eigenvalue weighted by atomic mass is 35.5. The molecule has 0 spiro atoms. The summed E-state index contributed by atoms with van der Waals surface area (Å²) in [5.74, 6) is -1.27. The number of carboxylic acid groups (broad SMARTS) is 1. The van der Waals surface area contributed by atoms with E-state index >= 15 is 0 Å². The van der Waals surface area contributed by atoms with E-state index in [0.29, 0.717) is 17.1 Å². The largest absolute Gasteiger partial charge is 0.477 e. The summed E-state index contributed by atoms with van der Waals surface area (Å²) in [6, 6.07) is 8.04. The van der Waals surface area contributed by atoms with Crippen LogP contribution in [0.5, 0.6) is 0 Å². The molecule has 20 heavy (non-hydrogen) atoms. The minimum Gasteiger partial charge on any atom is -0.477 e. The fourth-order valence-electron chi connectivity index (χ4n) is 1.73. The zero-order valence-corrected chi connectivity index (χ0v) is 11.0. The van der Waals surface area contributed by atoms with Crippen LogP contribution in [0.15, 0.2) is 41.5 Å². The van der Waals surface area contributed by atoms with Crippen LogP contribution < -0.4 is 5.43 Å². The van der Waals surface area contributed by atoms with Crippen LogP contribution in [0.3, 0.4) is 0 Å². The highest BCUT2D eigenvalue weighted by Gasteiger charge is 2.09. The van der Waals surface area contributed by atoms with E-state index in [0.717, 1.165) is 5.56 Å². The summed E-state index contributed by atoms with van der Waals surface area (Å²) in [5.41, 5.74) is 0.340. The van der Waals surface area contributed by atoms with Crippen molar-refractivity contribution < 1.29 is 9.90 Å². The topological polar surface area (TPSA) is 83.1 Å². The fourth-order valence-corrected chi connectivity index (χ4v) is 1.97. The number of nitriles is 1. The molecule has 2 rings (SSSR count). The molecule has 0 saturated heterocycles. The Hall–Kier alpha value is -2.58. The standard InChI is InChI=1S/C14H9ClN2O3/c15-12-5-9(6-16)1-2-10(12)7-17-4-3-13(18)11(8-17)14(19)20/h1-5,8H,7H2,(H,19,20). The van der Waals surface area contributed by atoms with Gasteiger partial charge in [0.25, 0.3) is 0 Å². The van der Waals surface area contributed by atoms with Crippen molar-refractivity contribution in [2.24, 2.45) is 0 Å². The van der Waals surface area contributed by atoms with Gasteiger partial charge in [-0.25, -0.2) is 4.79 Å². The van der Waals surface area contributed by atoms with E-state index in [9.17, 15) is 9.59 Å². The Morgan fingerprint density at radius 1 is 1.40 bits per heavy atom. The average molecular weight is 289 g/mol. The molecule has 0 fully saturated rings. The van der Waals surface area contributed by atoms with Gasteiger partial charge in [-0.3, -0.25) is 4.79 Å². The number of hydrogen-bond acceptors (Lipinski definition) is 3. The monoisotopic (exact) mass is 288 g/mol. The molecule has 2 aromatic rings. The summed E-state index contributed by atoms with van der Waals surface area (Å²) in [5, 5.41) is 18.1. The minimum absolute atomic E-state index is 0.294. The van der Waals surface area contributed by atoms with Gasteiger partial charge in [-0.15, -0.1) is 0 Å². The Kier molecular flexibility index (Phi) is 3.87. The molecule has 1 aromatic carbocycles. The molecular weight excluding hydrogens is 280 g/mol. The second-order valence-corrected chi connectivity index (χ2v) is 4.53. The van der Waals surface area contributed by atoms with E-state index in [-0.39, 0.29) is 5.56 Å². The van der Waals surface area contributed by atoms with Crippen molar-refractivity contribution in [2.45, 2.75) is 6.54 Å². The average Bonchev–Trinajstić information content (AvgIpc) is 2.42. The molecule has 0 aliphatic carbocycles. The highest BCUT2D eigenvalue weighted by Crippen LogP contribution is 2.18. The molecule has 0 atom stereocenters. The van der Waals surface area contributed by atoms with Gasteiger partial charge in [-0.2, -0.15) is 5.26 Å². The van der Waals surface area contributed by atoms with Gasteiger partial charge in [0, 0.05) is 30.0 Å². The van der Waals surface area contributed by atoms with Gasteiger partial charge in [0.15, 0.2) is 5.43 Å². The van der Waals surface area contributed by atoms with Crippen LogP contribution in [0.4, 0.5) is 0 Å². The molecule has 0 bridgehead atoms. The normalized spacial score (nSPS) is 10.0. The Labute approximate surface area is 119 Å². The number of benzene rings is 1. The second kappa shape index (κ2) is 5.59. The summed E-state index contributed by atoms with van der Waals surface area (Å²) in [6.45, 7) is 0.311. The number of aromatic carboxylic acids is 1. The van der Waals surface area contributed by atoms with Crippen LogP contribution in [-0.4, -0.2) is 15.6 Å². The van der Waals surface area contributed by atoms with Crippen molar-refractivity contribution in [1.82, 2.24) is 4.57 Å². The van der Waals surface area contributed by atoms with Crippen LogP contribution in [0.2, 0.25) is 5.02 Å². The van der Waals surface area contributed by atoms with Gasteiger partial charge in [0.05, 0.1) is 11.6 Å². The van der Waals surface area contributed by atoms with Gasteiger partial charge >= 0.3 is 5.97 Å².